The molecular formula is C19H23NOS. The lowest BCUT2D eigenvalue weighted by Crippen LogP contribution is -2.27. The summed E-state index contributed by atoms with van der Waals surface area (Å²) in [6, 6.07) is 12.1. The molecule has 0 aliphatic carbocycles. The lowest BCUT2D eigenvalue weighted by molar-refractivity contribution is 0.0937. The van der Waals surface area contributed by atoms with Crippen LogP contribution in [-0.4, -0.2) is 12.2 Å². The van der Waals surface area contributed by atoms with E-state index in [1.165, 1.54) is 22.3 Å². The van der Waals surface area contributed by atoms with Gasteiger partial charge in [-0.05, 0) is 68.3 Å². The van der Waals surface area contributed by atoms with Crippen LogP contribution < -0.4 is 5.32 Å². The molecule has 0 bridgehead atoms. The maximum atomic E-state index is 12.5. The summed E-state index contributed by atoms with van der Waals surface area (Å²) in [6.07, 6.45) is 1.99. The van der Waals surface area contributed by atoms with E-state index in [2.05, 4.69) is 38.2 Å². The molecule has 2 aromatic carbocycles. The zero-order valence-electron chi connectivity index (χ0n) is 13.9. The second-order valence-electron chi connectivity index (χ2n) is 5.69. The third kappa shape index (κ3) is 3.53. The van der Waals surface area contributed by atoms with Gasteiger partial charge in [-0.15, -0.1) is 11.8 Å². The van der Waals surface area contributed by atoms with Gasteiger partial charge in [0.1, 0.15) is 0 Å². The zero-order valence-corrected chi connectivity index (χ0v) is 14.7. The number of rotatable bonds is 4. The van der Waals surface area contributed by atoms with Gasteiger partial charge >= 0.3 is 0 Å². The molecule has 1 amide bonds. The van der Waals surface area contributed by atoms with Gasteiger partial charge in [-0.25, -0.2) is 0 Å². The molecule has 1 atom stereocenters. The quantitative estimate of drug-likeness (QED) is 0.820. The first-order valence-electron chi connectivity index (χ1n) is 7.45. The number of benzene rings is 2. The van der Waals surface area contributed by atoms with Crippen molar-refractivity contribution in [2.24, 2.45) is 0 Å². The highest BCUT2D eigenvalue weighted by molar-refractivity contribution is 7.98. The van der Waals surface area contributed by atoms with Crippen LogP contribution in [0.2, 0.25) is 0 Å². The van der Waals surface area contributed by atoms with Crippen molar-refractivity contribution in [1.82, 2.24) is 5.32 Å². The summed E-state index contributed by atoms with van der Waals surface area (Å²) in [5.74, 6) is -0.0184. The summed E-state index contributed by atoms with van der Waals surface area (Å²) in [7, 11) is 0. The summed E-state index contributed by atoms with van der Waals surface area (Å²) in [6.45, 7) is 8.36. The Morgan fingerprint density at radius 3 is 2.36 bits per heavy atom. The van der Waals surface area contributed by atoms with Crippen molar-refractivity contribution in [2.45, 2.75) is 38.6 Å². The Morgan fingerprint density at radius 1 is 1.05 bits per heavy atom. The predicted octanol–water partition coefficient (Wildman–Crippen LogP) is 4.82. The minimum absolute atomic E-state index is 0.0123. The van der Waals surface area contributed by atoms with Gasteiger partial charge in [-0.3, -0.25) is 4.79 Å². The smallest absolute Gasteiger partial charge is 0.252 e. The topological polar surface area (TPSA) is 29.1 Å². The maximum Gasteiger partial charge on any atom is 0.252 e. The lowest BCUT2D eigenvalue weighted by Gasteiger charge is -2.19. The van der Waals surface area contributed by atoms with Crippen LogP contribution in [0, 0.1) is 20.8 Å². The van der Waals surface area contributed by atoms with Gasteiger partial charge in [0, 0.05) is 4.90 Å². The summed E-state index contributed by atoms with van der Waals surface area (Å²) < 4.78 is 0. The van der Waals surface area contributed by atoms with Gasteiger partial charge in [0.05, 0.1) is 11.6 Å². The molecule has 3 heteroatoms. The molecule has 2 rings (SSSR count). The molecule has 0 aliphatic rings. The number of hydrogen-bond acceptors (Lipinski definition) is 2. The monoisotopic (exact) mass is 313 g/mol. The van der Waals surface area contributed by atoms with Gasteiger partial charge in [0.25, 0.3) is 5.91 Å². The van der Waals surface area contributed by atoms with Gasteiger partial charge in [-0.2, -0.15) is 0 Å². The molecule has 0 spiro atoms. The van der Waals surface area contributed by atoms with E-state index in [0.29, 0.717) is 0 Å². The van der Waals surface area contributed by atoms with Crippen LogP contribution in [0.25, 0.3) is 0 Å². The molecule has 0 unspecified atom stereocenters. The van der Waals surface area contributed by atoms with Crippen LogP contribution in [-0.2, 0) is 0 Å². The average Bonchev–Trinajstić information content (AvgIpc) is 2.50. The molecule has 2 nitrogen and oxygen atoms in total. The Kier molecular flexibility index (Phi) is 5.30. The minimum atomic E-state index is -0.0184. The third-order valence-electron chi connectivity index (χ3n) is 4.05. The van der Waals surface area contributed by atoms with Crippen molar-refractivity contribution < 1.29 is 4.79 Å². The SMILES string of the molecule is CSc1ccccc1C(=O)N[C@H](C)c1cc(C)c(C)cc1C. The highest BCUT2D eigenvalue weighted by Crippen LogP contribution is 2.24. The molecule has 116 valence electrons. The van der Waals surface area contributed by atoms with Crippen LogP contribution in [0.15, 0.2) is 41.3 Å². The van der Waals surface area contributed by atoms with Crippen molar-refractivity contribution in [3.63, 3.8) is 0 Å². The second kappa shape index (κ2) is 7.01. The van der Waals surface area contributed by atoms with Crippen molar-refractivity contribution in [1.29, 1.82) is 0 Å². The van der Waals surface area contributed by atoms with Crippen LogP contribution in [0.4, 0.5) is 0 Å². The van der Waals surface area contributed by atoms with Crippen LogP contribution >= 0.6 is 11.8 Å². The fourth-order valence-corrected chi connectivity index (χ4v) is 3.23. The first kappa shape index (κ1) is 16.6. The molecule has 0 saturated carbocycles. The highest BCUT2D eigenvalue weighted by Gasteiger charge is 2.16. The van der Waals surface area contributed by atoms with Gasteiger partial charge in [-0.1, -0.05) is 24.3 Å². The number of aryl methyl sites for hydroxylation is 3. The fourth-order valence-electron chi connectivity index (χ4n) is 2.63. The normalized spacial score (nSPS) is 12.0. The Labute approximate surface area is 137 Å². The third-order valence-corrected chi connectivity index (χ3v) is 4.84. The summed E-state index contributed by atoms with van der Waals surface area (Å²) in [5, 5.41) is 3.12. The molecule has 2 aromatic rings. The summed E-state index contributed by atoms with van der Waals surface area (Å²) in [4.78, 5) is 13.6. The number of hydrogen-bond donors (Lipinski definition) is 1. The Balaban J connectivity index is 2.23. The number of amides is 1. The molecule has 0 aromatic heterocycles. The van der Waals surface area contributed by atoms with Crippen molar-refractivity contribution in [2.75, 3.05) is 6.26 Å². The van der Waals surface area contributed by atoms with Gasteiger partial charge in [0.2, 0.25) is 0 Å². The van der Waals surface area contributed by atoms with E-state index in [-0.39, 0.29) is 11.9 Å². The standard InChI is InChI=1S/C19H23NOS/c1-12-10-14(3)17(11-13(12)2)15(4)20-19(21)16-8-6-7-9-18(16)22-5/h6-11,15H,1-5H3,(H,20,21)/t15-/m1/s1. The van der Waals surface area contributed by atoms with E-state index >= 15 is 0 Å². The number of nitrogens with one attached hydrogen (secondary N) is 1. The second-order valence-corrected chi connectivity index (χ2v) is 6.54. The largest absolute Gasteiger partial charge is 0.345 e. The first-order valence-corrected chi connectivity index (χ1v) is 8.68. The van der Waals surface area contributed by atoms with E-state index in [9.17, 15) is 4.79 Å². The van der Waals surface area contributed by atoms with E-state index in [4.69, 9.17) is 0 Å². The Hall–Kier alpha value is -1.74. The first-order chi connectivity index (χ1) is 10.4. The van der Waals surface area contributed by atoms with Crippen LogP contribution in [0.3, 0.4) is 0 Å². The van der Waals surface area contributed by atoms with E-state index in [0.717, 1.165) is 10.5 Å². The van der Waals surface area contributed by atoms with E-state index in [1.807, 2.05) is 37.4 Å². The molecule has 1 N–H and O–H groups in total. The lowest BCUT2D eigenvalue weighted by atomic mass is 9.96. The Morgan fingerprint density at radius 2 is 1.68 bits per heavy atom. The molecule has 0 aliphatic heterocycles. The summed E-state index contributed by atoms with van der Waals surface area (Å²) >= 11 is 1.59. The molecule has 0 heterocycles. The van der Waals surface area contributed by atoms with Crippen molar-refractivity contribution >= 4 is 17.7 Å². The predicted molar refractivity (Wildman–Crippen MR) is 94.8 cm³/mol. The Bertz CT molecular complexity index is 694. The van der Waals surface area contributed by atoms with E-state index < -0.39 is 0 Å². The van der Waals surface area contributed by atoms with Crippen molar-refractivity contribution in [3.05, 3.63) is 64.2 Å². The van der Waals surface area contributed by atoms with Gasteiger partial charge < -0.3 is 5.32 Å². The van der Waals surface area contributed by atoms with Gasteiger partial charge in [0.15, 0.2) is 0 Å². The highest BCUT2D eigenvalue weighted by atomic mass is 32.2. The average molecular weight is 313 g/mol. The zero-order chi connectivity index (χ0) is 16.3. The molecular weight excluding hydrogens is 290 g/mol. The maximum absolute atomic E-state index is 12.5. The fraction of sp³-hybridized carbons (Fsp3) is 0.316. The van der Waals surface area contributed by atoms with Crippen LogP contribution in [0.5, 0.6) is 0 Å². The number of carbonyl (C=O) groups is 1. The number of carbonyl (C=O) groups excluding carboxylic acids is 1. The van der Waals surface area contributed by atoms with Crippen LogP contribution in [0.1, 0.15) is 45.6 Å². The molecule has 0 saturated heterocycles. The minimum Gasteiger partial charge on any atom is -0.345 e. The molecule has 22 heavy (non-hydrogen) atoms. The number of thioether (sulfide) groups is 1. The molecule has 0 fully saturated rings. The van der Waals surface area contributed by atoms with E-state index in [1.54, 1.807) is 11.8 Å². The summed E-state index contributed by atoms with van der Waals surface area (Å²) in [5.41, 5.74) is 5.68. The molecule has 0 radical (unpaired) electrons. The van der Waals surface area contributed by atoms with Crippen molar-refractivity contribution in [3.8, 4) is 0 Å².